The first kappa shape index (κ1) is 15.0. The molecule has 19 heavy (non-hydrogen) atoms. The zero-order valence-corrected chi connectivity index (χ0v) is 12.4. The Labute approximate surface area is 117 Å². The van der Waals surface area contributed by atoms with Gasteiger partial charge in [0.2, 0.25) is 0 Å². The minimum absolute atomic E-state index is 0.134. The molecule has 1 saturated carbocycles. The van der Waals surface area contributed by atoms with Gasteiger partial charge in [-0.1, -0.05) is 6.08 Å². The molecule has 0 saturated heterocycles. The zero-order chi connectivity index (χ0) is 13.7. The first-order chi connectivity index (χ1) is 9.20. The third-order valence-corrected chi connectivity index (χ3v) is 4.91. The highest BCUT2D eigenvalue weighted by molar-refractivity contribution is 5.22. The van der Waals surface area contributed by atoms with E-state index in [1.54, 1.807) is 14.2 Å². The van der Waals surface area contributed by atoms with Crippen LogP contribution in [0.5, 0.6) is 0 Å². The van der Waals surface area contributed by atoms with Crippen LogP contribution < -0.4 is 0 Å². The van der Waals surface area contributed by atoms with Crippen molar-refractivity contribution in [1.82, 2.24) is 0 Å². The van der Waals surface area contributed by atoms with Crippen molar-refractivity contribution in [1.29, 1.82) is 0 Å². The second-order valence-electron chi connectivity index (χ2n) is 5.97. The van der Waals surface area contributed by atoms with Gasteiger partial charge in [0, 0.05) is 14.2 Å². The molecule has 0 spiro atoms. The summed E-state index contributed by atoms with van der Waals surface area (Å²) in [5, 5.41) is 11.1. The normalized spacial score (nSPS) is 31.8. The average Bonchev–Trinajstić information content (AvgIpc) is 2.84. The van der Waals surface area contributed by atoms with Gasteiger partial charge in [0.25, 0.3) is 0 Å². The minimum Gasteiger partial charge on any atom is -0.385 e. The first-order valence-corrected chi connectivity index (χ1v) is 7.68. The Morgan fingerprint density at radius 2 is 2.11 bits per heavy atom. The lowest BCUT2D eigenvalue weighted by atomic mass is 9.77. The van der Waals surface area contributed by atoms with Crippen LogP contribution in [0.25, 0.3) is 0 Å². The van der Waals surface area contributed by atoms with Crippen LogP contribution >= 0.6 is 0 Å². The van der Waals surface area contributed by atoms with Gasteiger partial charge in [0.05, 0.1) is 5.60 Å². The maximum Gasteiger partial charge on any atom is 0.156 e. The Balaban J connectivity index is 1.97. The van der Waals surface area contributed by atoms with Gasteiger partial charge in [-0.15, -0.1) is 0 Å². The smallest absolute Gasteiger partial charge is 0.156 e. The van der Waals surface area contributed by atoms with E-state index in [9.17, 15) is 5.11 Å². The monoisotopic (exact) mass is 268 g/mol. The van der Waals surface area contributed by atoms with Crippen molar-refractivity contribution in [3.05, 3.63) is 11.6 Å². The minimum atomic E-state index is -0.535. The second-order valence-corrected chi connectivity index (χ2v) is 5.97. The number of hydrogen-bond donors (Lipinski definition) is 1. The maximum atomic E-state index is 11.1. The van der Waals surface area contributed by atoms with Crippen LogP contribution in [-0.2, 0) is 9.47 Å². The van der Waals surface area contributed by atoms with Crippen LogP contribution in [0.4, 0.5) is 0 Å². The van der Waals surface area contributed by atoms with Crippen molar-refractivity contribution in [2.24, 2.45) is 5.92 Å². The van der Waals surface area contributed by atoms with E-state index in [1.807, 2.05) is 0 Å². The third-order valence-electron chi connectivity index (χ3n) is 4.91. The quantitative estimate of drug-likeness (QED) is 0.592. The largest absolute Gasteiger partial charge is 0.385 e. The predicted octanol–water partition coefficient (Wildman–Crippen LogP) is 3.42. The van der Waals surface area contributed by atoms with Crippen molar-refractivity contribution in [2.75, 3.05) is 14.2 Å². The van der Waals surface area contributed by atoms with Gasteiger partial charge < -0.3 is 14.6 Å². The summed E-state index contributed by atoms with van der Waals surface area (Å²) in [5.41, 5.74) is 0.777. The molecule has 2 aliphatic carbocycles. The van der Waals surface area contributed by atoms with E-state index in [4.69, 9.17) is 9.47 Å². The van der Waals surface area contributed by atoms with E-state index in [0.29, 0.717) is 5.92 Å². The van der Waals surface area contributed by atoms with E-state index in [0.717, 1.165) is 44.9 Å². The van der Waals surface area contributed by atoms with Crippen LogP contribution in [0, 0.1) is 5.92 Å². The van der Waals surface area contributed by atoms with Gasteiger partial charge in [-0.2, -0.15) is 0 Å². The number of methoxy groups -OCH3 is 2. The van der Waals surface area contributed by atoms with E-state index in [1.165, 1.54) is 18.4 Å². The second kappa shape index (κ2) is 6.87. The third kappa shape index (κ3) is 3.39. The van der Waals surface area contributed by atoms with E-state index in [2.05, 4.69) is 6.08 Å². The fourth-order valence-corrected chi connectivity index (χ4v) is 3.77. The van der Waals surface area contributed by atoms with Crippen LogP contribution in [0.3, 0.4) is 0 Å². The van der Waals surface area contributed by atoms with Crippen LogP contribution in [-0.4, -0.2) is 31.2 Å². The summed E-state index contributed by atoms with van der Waals surface area (Å²) in [6.07, 6.45) is 12.0. The van der Waals surface area contributed by atoms with Crippen molar-refractivity contribution in [3.63, 3.8) is 0 Å². The Morgan fingerprint density at radius 3 is 2.74 bits per heavy atom. The summed E-state index contributed by atoms with van der Waals surface area (Å²) in [7, 11) is 3.36. The molecule has 0 aromatic heterocycles. The lowest BCUT2D eigenvalue weighted by Gasteiger charge is -2.35. The summed E-state index contributed by atoms with van der Waals surface area (Å²) in [5.74, 6) is 0.379. The van der Waals surface area contributed by atoms with Gasteiger partial charge in [-0.05, 0) is 69.3 Å². The Morgan fingerprint density at radius 1 is 1.32 bits per heavy atom. The number of ether oxygens (including phenoxy) is 2. The molecule has 110 valence electrons. The highest BCUT2D eigenvalue weighted by Gasteiger charge is 2.43. The topological polar surface area (TPSA) is 38.7 Å². The van der Waals surface area contributed by atoms with E-state index >= 15 is 0 Å². The molecule has 0 unspecified atom stereocenters. The molecule has 0 aromatic rings. The van der Waals surface area contributed by atoms with E-state index in [-0.39, 0.29) is 6.29 Å². The zero-order valence-electron chi connectivity index (χ0n) is 12.4. The van der Waals surface area contributed by atoms with E-state index < -0.39 is 5.60 Å². The maximum absolute atomic E-state index is 11.1. The molecular formula is C16H28O3. The first-order valence-electron chi connectivity index (χ1n) is 7.68. The van der Waals surface area contributed by atoms with Gasteiger partial charge in [-0.3, -0.25) is 0 Å². The highest BCUT2D eigenvalue weighted by atomic mass is 16.7. The summed E-state index contributed by atoms with van der Waals surface area (Å²) in [6, 6.07) is 0. The SMILES string of the molecule is COC(CC[C@@H]1CCC[C@@]1(O)C1=CCCCC1)OC. The molecule has 2 atom stereocenters. The fraction of sp³-hybridized carbons (Fsp3) is 0.875. The molecule has 0 aromatic carbocycles. The highest BCUT2D eigenvalue weighted by Crippen LogP contribution is 2.46. The lowest BCUT2D eigenvalue weighted by molar-refractivity contribution is -0.111. The lowest BCUT2D eigenvalue weighted by Crippen LogP contribution is -2.36. The summed E-state index contributed by atoms with van der Waals surface area (Å²) in [4.78, 5) is 0. The van der Waals surface area contributed by atoms with Crippen molar-refractivity contribution in [3.8, 4) is 0 Å². The summed E-state index contributed by atoms with van der Waals surface area (Å²) in [6.45, 7) is 0. The number of aliphatic hydroxyl groups is 1. The molecule has 0 amide bonds. The molecule has 0 heterocycles. The fourth-order valence-electron chi connectivity index (χ4n) is 3.77. The van der Waals surface area contributed by atoms with Crippen molar-refractivity contribution < 1.29 is 14.6 Å². The van der Waals surface area contributed by atoms with Crippen LogP contribution in [0.15, 0.2) is 11.6 Å². The molecule has 3 heteroatoms. The Kier molecular flexibility index (Phi) is 5.43. The van der Waals surface area contributed by atoms with Crippen LogP contribution in [0.2, 0.25) is 0 Å². The standard InChI is InChI=1S/C16H28O3/c1-18-15(19-2)11-10-14-9-6-12-16(14,17)13-7-4-3-5-8-13/h7,14-15,17H,3-6,8-12H2,1-2H3/t14-,16+/m0/s1. The molecule has 0 bridgehead atoms. The Hall–Kier alpha value is -0.380. The Bertz CT molecular complexity index is 309. The van der Waals surface area contributed by atoms with Gasteiger partial charge in [0.15, 0.2) is 6.29 Å². The van der Waals surface area contributed by atoms with Gasteiger partial charge in [-0.25, -0.2) is 0 Å². The van der Waals surface area contributed by atoms with Crippen molar-refractivity contribution in [2.45, 2.75) is 69.7 Å². The molecular weight excluding hydrogens is 240 g/mol. The molecule has 1 fully saturated rings. The van der Waals surface area contributed by atoms with Gasteiger partial charge >= 0.3 is 0 Å². The van der Waals surface area contributed by atoms with Crippen LogP contribution in [0.1, 0.15) is 57.8 Å². The van der Waals surface area contributed by atoms with Crippen molar-refractivity contribution >= 4 is 0 Å². The molecule has 2 aliphatic rings. The predicted molar refractivity (Wildman–Crippen MR) is 75.9 cm³/mol. The van der Waals surface area contributed by atoms with Gasteiger partial charge in [0.1, 0.15) is 0 Å². The molecule has 2 rings (SSSR count). The summed E-state index contributed by atoms with van der Waals surface area (Å²) >= 11 is 0. The average molecular weight is 268 g/mol. The number of rotatable bonds is 6. The number of hydrogen-bond acceptors (Lipinski definition) is 3. The molecule has 0 radical (unpaired) electrons. The molecule has 0 aliphatic heterocycles. The molecule has 1 N–H and O–H groups in total. The summed E-state index contributed by atoms with van der Waals surface area (Å²) < 4.78 is 10.5. The number of allylic oxidation sites excluding steroid dienone is 1. The molecule has 3 nitrogen and oxygen atoms in total.